The highest BCUT2D eigenvalue weighted by Gasteiger charge is 2.43. The van der Waals surface area contributed by atoms with Crippen LogP contribution in [0.1, 0.15) is 12.0 Å². The van der Waals surface area contributed by atoms with Crippen LogP contribution in [0.15, 0.2) is 23.1 Å². The molecular formula is C12H14ClFN2O3S. The van der Waals surface area contributed by atoms with Gasteiger partial charge in [0, 0.05) is 18.0 Å². The molecule has 0 bridgehead atoms. The molecule has 1 aliphatic heterocycles. The first-order valence-electron chi connectivity index (χ1n) is 5.95. The highest BCUT2D eigenvalue weighted by molar-refractivity contribution is 7.89. The molecule has 1 heterocycles. The number of carbonyl (C=O) groups excluding carboxylic acids is 1. The van der Waals surface area contributed by atoms with Crippen LogP contribution in [0.4, 0.5) is 4.39 Å². The van der Waals surface area contributed by atoms with E-state index in [4.69, 9.17) is 17.3 Å². The second kappa shape index (κ2) is 5.31. The minimum absolute atomic E-state index is 0.0367. The van der Waals surface area contributed by atoms with Gasteiger partial charge in [0.25, 0.3) is 0 Å². The Labute approximate surface area is 121 Å². The van der Waals surface area contributed by atoms with E-state index in [1.54, 1.807) is 13.0 Å². The zero-order valence-corrected chi connectivity index (χ0v) is 12.3. The Bertz CT molecular complexity index is 650. The van der Waals surface area contributed by atoms with Crippen LogP contribution >= 0.6 is 11.6 Å². The molecule has 0 spiro atoms. The minimum Gasteiger partial charge on any atom is -0.368 e. The van der Waals surface area contributed by atoms with Crippen LogP contribution in [0, 0.1) is 6.92 Å². The molecule has 1 aromatic rings. The number of alkyl halides is 1. The molecular weight excluding hydrogens is 307 g/mol. The van der Waals surface area contributed by atoms with Gasteiger partial charge in [-0.2, -0.15) is 4.31 Å². The maximum absolute atomic E-state index is 13.5. The smallest absolute Gasteiger partial charge is 0.244 e. The van der Waals surface area contributed by atoms with Crippen molar-refractivity contribution in [3.05, 3.63) is 28.8 Å². The summed E-state index contributed by atoms with van der Waals surface area (Å²) in [5.74, 6) is -0.853. The normalized spacial score (nSPS) is 23.9. The van der Waals surface area contributed by atoms with E-state index in [9.17, 15) is 17.6 Å². The molecule has 0 aliphatic carbocycles. The largest absolute Gasteiger partial charge is 0.368 e. The third-order valence-electron chi connectivity index (χ3n) is 3.34. The first-order valence-corrected chi connectivity index (χ1v) is 7.77. The third kappa shape index (κ3) is 2.53. The van der Waals surface area contributed by atoms with Crippen LogP contribution in [0.5, 0.6) is 0 Å². The number of hydrogen-bond donors (Lipinski definition) is 1. The first kappa shape index (κ1) is 15.2. The fraction of sp³-hybridized carbons (Fsp3) is 0.417. The van der Waals surface area contributed by atoms with Gasteiger partial charge in [-0.15, -0.1) is 0 Å². The standard InChI is InChI=1S/C12H14ClFN2O3S/c1-7-9(13)3-2-4-11(7)20(18,19)16-6-8(14)5-10(16)12(15)17/h2-4,8,10H,5-6H2,1H3,(H2,15,17)/t8-,10+/m1/s1. The number of nitrogens with two attached hydrogens (primary N) is 1. The molecule has 2 atom stereocenters. The number of nitrogens with zero attached hydrogens (tertiary/aromatic N) is 1. The Morgan fingerprint density at radius 3 is 2.75 bits per heavy atom. The third-order valence-corrected chi connectivity index (χ3v) is 5.77. The summed E-state index contributed by atoms with van der Waals surface area (Å²) in [4.78, 5) is 11.3. The Balaban J connectivity index is 2.49. The average molecular weight is 321 g/mol. The molecule has 2 N–H and O–H groups in total. The Kier molecular flexibility index (Phi) is 4.04. The summed E-state index contributed by atoms with van der Waals surface area (Å²) in [6, 6.07) is 3.27. The maximum atomic E-state index is 13.5. The van der Waals surface area contributed by atoms with Gasteiger partial charge in [0.15, 0.2) is 0 Å². The zero-order valence-electron chi connectivity index (χ0n) is 10.7. The van der Waals surface area contributed by atoms with Gasteiger partial charge >= 0.3 is 0 Å². The summed E-state index contributed by atoms with van der Waals surface area (Å²) in [7, 11) is -4.01. The predicted molar refractivity (Wildman–Crippen MR) is 72.6 cm³/mol. The number of benzene rings is 1. The van der Waals surface area contributed by atoms with Crippen molar-refractivity contribution in [1.82, 2.24) is 4.31 Å². The van der Waals surface area contributed by atoms with Crippen molar-refractivity contribution in [3.63, 3.8) is 0 Å². The van der Waals surface area contributed by atoms with Crippen molar-refractivity contribution < 1.29 is 17.6 Å². The molecule has 110 valence electrons. The van der Waals surface area contributed by atoms with Gasteiger partial charge < -0.3 is 5.73 Å². The highest BCUT2D eigenvalue weighted by atomic mass is 35.5. The molecule has 1 aliphatic rings. The Morgan fingerprint density at radius 2 is 2.15 bits per heavy atom. The quantitative estimate of drug-likeness (QED) is 0.909. The van der Waals surface area contributed by atoms with Crippen molar-refractivity contribution in [3.8, 4) is 0 Å². The molecule has 1 aromatic carbocycles. The molecule has 1 fully saturated rings. The lowest BCUT2D eigenvalue weighted by Gasteiger charge is -2.22. The summed E-state index contributed by atoms with van der Waals surface area (Å²) < 4.78 is 39.4. The lowest BCUT2D eigenvalue weighted by Crippen LogP contribution is -2.43. The molecule has 0 aromatic heterocycles. The lowest BCUT2D eigenvalue weighted by molar-refractivity contribution is -0.121. The van der Waals surface area contributed by atoms with E-state index < -0.39 is 28.1 Å². The Hall–Kier alpha value is -1.18. The van der Waals surface area contributed by atoms with Gasteiger partial charge in [-0.05, 0) is 24.6 Å². The van der Waals surface area contributed by atoms with Crippen LogP contribution in [0.25, 0.3) is 0 Å². The molecule has 1 saturated heterocycles. The monoisotopic (exact) mass is 320 g/mol. The lowest BCUT2D eigenvalue weighted by atomic mass is 10.2. The van der Waals surface area contributed by atoms with E-state index in [2.05, 4.69) is 0 Å². The van der Waals surface area contributed by atoms with Gasteiger partial charge in [0.1, 0.15) is 12.2 Å². The van der Waals surface area contributed by atoms with E-state index in [1.807, 2.05) is 0 Å². The molecule has 20 heavy (non-hydrogen) atoms. The van der Waals surface area contributed by atoms with Gasteiger partial charge in [-0.3, -0.25) is 4.79 Å². The molecule has 2 rings (SSSR count). The second-order valence-corrected chi connectivity index (χ2v) is 6.96. The second-order valence-electron chi connectivity index (χ2n) is 4.69. The molecule has 0 unspecified atom stereocenters. The van der Waals surface area contributed by atoms with E-state index >= 15 is 0 Å². The topological polar surface area (TPSA) is 80.5 Å². The van der Waals surface area contributed by atoms with Crippen molar-refractivity contribution >= 4 is 27.5 Å². The Morgan fingerprint density at radius 1 is 1.50 bits per heavy atom. The number of carbonyl (C=O) groups is 1. The van der Waals surface area contributed by atoms with Crippen LogP contribution in [-0.2, 0) is 14.8 Å². The molecule has 5 nitrogen and oxygen atoms in total. The number of amides is 1. The number of hydrogen-bond acceptors (Lipinski definition) is 3. The van der Waals surface area contributed by atoms with Gasteiger partial charge in [-0.25, -0.2) is 12.8 Å². The summed E-state index contributed by atoms with van der Waals surface area (Å²) in [6.45, 7) is 1.18. The number of rotatable bonds is 3. The van der Waals surface area contributed by atoms with E-state index in [-0.39, 0.29) is 22.9 Å². The SMILES string of the molecule is Cc1c(Cl)cccc1S(=O)(=O)N1C[C@H](F)C[C@H]1C(N)=O. The van der Waals surface area contributed by atoms with E-state index in [0.717, 1.165) is 4.31 Å². The minimum atomic E-state index is -4.01. The van der Waals surface area contributed by atoms with Gasteiger partial charge in [0.05, 0.1) is 4.90 Å². The molecule has 0 radical (unpaired) electrons. The van der Waals surface area contributed by atoms with Crippen LogP contribution in [0.2, 0.25) is 5.02 Å². The number of primary amides is 1. The predicted octanol–water partition coefficient (Wildman–Crippen LogP) is 1.23. The van der Waals surface area contributed by atoms with Crippen molar-refractivity contribution in [2.24, 2.45) is 5.73 Å². The highest BCUT2D eigenvalue weighted by Crippen LogP contribution is 2.31. The average Bonchev–Trinajstić information content (AvgIpc) is 2.75. The van der Waals surface area contributed by atoms with Gasteiger partial charge in [0.2, 0.25) is 15.9 Å². The van der Waals surface area contributed by atoms with Gasteiger partial charge in [-0.1, -0.05) is 17.7 Å². The number of halogens is 2. The zero-order chi connectivity index (χ0) is 15.1. The fourth-order valence-corrected chi connectivity index (χ4v) is 4.39. The van der Waals surface area contributed by atoms with Crippen LogP contribution in [-0.4, -0.2) is 37.4 Å². The fourth-order valence-electron chi connectivity index (χ4n) is 2.27. The first-order chi connectivity index (χ1) is 9.25. The summed E-state index contributed by atoms with van der Waals surface area (Å²) in [6.07, 6.45) is -1.62. The van der Waals surface area contributed by atoms with Crippen molar-refractivity contribution in [2.75, 3.05) is 6.54 Å². The van der Waals surface area contributed by atoms with E-state index in [0.29, 0.717) is 5.56 Å². The maximum Gasteiger partial charge on any atom is 0.244 e. The summed E-state index contributed by atoms with van der Waals surface area (Å²) in [5, 5.41) is 0.290. The molecule has 0 saturated carbocycles. The van der Waals surface area contributed by atoms with Crippen molar-refractivity contribution in [2.45, 2.75) is 30.5 Å². The number of sulfonamides is 1. The summed E-state index contributed by atoms with van der Waals surface area (Å²) >= 11 is 5.91. The molecule has 1 amide bonds. The van der Waals surface area contributed by atoms with Crippen molar-refractivity contribution in [1.29, 1.82) is 0 Å². The molecule has 8 heteroatoms. The van der Waals surface area contributed by atoms with Crippen LogP contribution < -0.4 is 5.73 Å². The summed E-state index contributed by atoms with van der Waals surface area (Å²) in [5.41, 5.74) is 5.52. The van der Waals surface area contributed by atoms with Crippen LogP contribution in [0.3, 0.4) is 0 Å². The van der Waals surface area contributed by atoms with E-state index in [1.165, 1.54) is 12.1 Å².